The van der Waals surface area contributed by atoms with E-state index in [1.165, 1.54) is 31.5 Å². The highest BCUT2D eigenvalue weighted by molar-refractivity contribution is 7.89. The molecule has 114 valence electrons. The van der Waals surface area contributed by atoms with Gasteiger partial charge in [0.05, 0.1) is 4.90 Å². The maximum atomic E-state index is 11.9. The number of benzene rings is 2. The highest BCUT2D eigenvalue weighted by atomic mass is 32.2. The number of hydrogen-bond donors (Lipinski definition) is 2. The second kappa shape index (κ2) is 7.02. The van der Waals surface area contributed by atoms with Crippen molar-refractivity contribution in [1.29, 1.82) is 0 Å². The molecule has 2 N–H and O–H groups in total. The Labute approximate surface area is 129 Å². The maximum Gasteiger partial charge on any atom is 0.240 e. The minimum absolute atomic E-state index is 0.132. The lowest BCUT2D eigenvalue weighted by molar-refractivity contribution is 0.104. The first kappa shape index (κ1) is 15.9. The minimum Gasteiger partial charge on any atom is -0.362 e. The van der Waals surface area contributed by atoms with Crippen molar-refractivity contribution in [2.24, 2.45) is 0 Å². The van der Waals surface area contributed by atoms with E-state index in [0.717, 1.165) is 0 Å². The van der Waals surface area contributed by atoms with E-state index in [1.54, 1.807) is 36.4 Å². The van der Waals surface area contributed by atoms with Crippen molar-refractivity contribution in [3.8, 4) is 0 Å². The third-order valence-electron chi connectivity index (χ3n) is 2.96. The second-order valence-electron chi connectivity index (χ2n) is 4.44. The van der Waals surface area contributed by atoms with Crippen LogP contribution in [0.15, 0.2) is 71.8 Å². The highest BCUT2D eigenvalue weighted by Gasteiger charge is 2.10. The molecule has 0 aliphatic rings. The van der Waals surface area contributed by atoms with Crippen molar-refractivity contribution in [1.82, 2.24) is 4.72 Å². The van der Waals surface area contributed by atoms with E-state index < -0.39 is 10.0 Å². The number of ketones is 1. The molecule has 0 heterocycles. The molecule has 0 saturated carbocycles. The topological polar surface area (TPSA) is 75.3 Å². The van der Waals surface area contributed by atoms with Gasteiger partial charge in [-0.15, -0.1) is 0 Å². The summed E-state index contributed by atoms with van der Waals surface area (Å²) in [5.41, 5.74) is 1.17. The number of hydrogen-bond acceptors (Lipinski definition) is 4. The van der Waals surface area contributed by atoms with E-state index in [4.69, 9.17) is 0 Å². The van der Waals surface area contributed by atoms with Crippen LogP contribution in [0.3, 0.4) is 0 Å². The van der Waals surface area contributed by atoms with E-state index in [1.807, 2.05) is 6.07 Å². The quantitative estimate of drug-likeness (QED) is 0.634. The van der Waals surface area contributed by atoms with Gasteiger partial charge in [0.2, 0.25) is 10.0 Å². The number of allylic oxidation sites excluding steroid dienone is 1. The molecule has 0 unspecified atom stereocenters. The average molecular weight is 316 g/mol. The van der Waals surface area contributed by atoms with Crippen molar-refractivity contribution in [3.05, 3.63) is 72.4 Å². The smallest absolute Gasteiger partial charge is 0.240 e. The van der Waals surface area contributed by atoms with Gasteiger partial charge >= 0.3 is 0 Å². The van der Waals surface area contributed by atoms with E-state index in [-0.39, 0.29) is 10.7 Å². The zero-order chi connectivity index (χ0) is 16.0. The van der Waals surface area contributed by atoms with Crippen molar-refractivity contribution in [3.63, 3.8) is 0 Å². The summed E-state index contributed by atoms with van der Waals surface area (Å²) in [5.74, 6) is -0.132. The molecule has 0 aromatic heterocycles. The predicted molar refractivity (Wildman–Crippen MR) is 86.2 cm³/mol. The van der Waals surface area contributed by atoms with E-state index in [9.17, 15) is 13.2 Å². The number of anilines is 1. The molecule has 2 aromatic carbocycles. The molecular weight excluding hydrogens is 300 g/mol. The SMILES string of the molecule is CNS(=O)(=O)c1cccc(N/C=C\C(=O)c2ccccc2)c1. The first-order chi connectivity index (χ1) is 10.5. The molecule has 5 nitrogen and oxygen atoms in total. The van der Waals surface area contributed by atoms with Gasteiger partial charge in [0.1, 0.15) is 0 Å². The van der Waals surface area contributed by atoms with Crippen LogP contribution in [-0.2, 0) is 10.0 Å². The molecule has 0 radical (unpaired) electrons. The zero-order valence-corrected chi connectivity index (χ0v) is 12.8. The number of sulfonamides is 1. The molecule has 2 aromatic rings. The molecule has 2 rings (SSSR count). The van der Waals surface area contributed by atoms with Gasteiger partial charge in [0, 0.05) is 23.5 Å². The van der Waals surface area contributed by atoms with Gasteiger partial charge in [0.25, 0.3) is 0 Å². The summed E-state index contributed by atoms with van der Waals surface area (Å²) in [6.45, 7) is 0. The van der Waals surface area contributed by atoms with Crippen LogP contribution in [-0.4, -0.2) is 21.2 Å². The number of carbonyl (C=O) groups is 1. The maximum absolute atomic E-state index is 11.9. The standard InChI is InChI=1S/C16H16N2O3S/c1-17-22(20,21)15-9-5-8-14(12-15)18-11-10-16(19)13-6-3-2-4-7-13/h2-12,17-18H,1H3/b11-10-. The van der Waals surface area contributed by atoms with E-state index in [0.29, 0.717) is 11.3 Å². The zero-order valence-electron chi connectivity index (χ0n) is 12.0. The molecule has 0 spiro atoms. The molecule has 6 heteroatoms. The Bertz CT molecular complexity index is 784. The predicted octanol–water partition coefficient (Wildman–Crippen LogP) is 2.40. The lowest BCUT2D eigenvalue weighted by Gasteiger charge is -2.05. The van der Waals surface area contributed by atoms with Crippen molar-refractivity contribution >= 4 is 21.5 Å². The van der Waals surface area contributed by atoms with Crippen LogP contribution in [0.4, 0.5) is 5.69 Å². The van der Waals surface area contributed by atoms with Gasteiger partial charge < -0.3 is 5.32 Å². The molecule has 0 atom stereocenters. The summed E-state index contributed by atoms with van der Waals surface area (Å²) < 4.78 is 25.7. The van der Waals surface area contributed by atoms with Gasteiger partial charge in [-0.05, 0) is 25.2 Å². The Morgan fingerprint density at radius 1 is 1.05 bits per heavy atom. The first-order valence-electron chi connectivity index (χ1n) is 6.59. The number of carbonyl (C=O) groups excluding carboxylic acids is 1. The third kappa shape index (κ3) is 4.03. The number of rotatable bonds is 6. The molecule has 0 amide bonds. The van der Waals surface area contributed by atoms with Gasteiger partial charge in [0.15, 0.2) is 5.78 Å². The first-order valence-corrected chi connectivity index (χ1v) is 8.07. The lowest BCUT2D eigenvalue weighted by atomic mass is 10.1. The average Bonchev–Trinajstić information content (AvgIpc) is 2.56. The Kier molecular flexibility index (Phi) is 5.08. The summed E-state index contributed by atoms with van der Waals surface area (Å²) in [4.78, 5) is 12.0. The van der Waals surface area contributed by atoms with Gasteiger partial charge in [-0.25, -0.2) is 13.1 Å². The third-order valence-corrected chi connectivity index (χ3v) is 4.37. The summed E-state index contributed by atoms with van der Waals surface area (Å²) >= 11 is 0. The largest absolute Gasteiger partial charge is 0.362 e. The van der Waals surface area contributed by atoms with E-state index >= 15 is 0 Å². The van der Waals surface area contributed by atoms with Crippen LogP contribution in [0.1, 0.15) is 10.4 Å². The van der Waals surface area contributed by atoms with Crippen LogP contribution in [0.25, 0.3) is 0 Å². The number of nitrogens with one attached hydrogen (secondary N) is 2. The van der Waals surface area contributed by atoms with E-state index in [2.05, 4.69) is 10.0 Å². The highest BCUT2D eigenvalue weighted by Crippen LogP contribution is 2.15. The van der Waals surface area contributed by atoms with Crippen molar-refractivity contribution in [2.45, 2.75) is 4.90 Å². The van der Waals surface area contributed by atoms with Gasteiger partial charge in [-0.2, -0.15) is 0 Å². The summed E-state index contributed by atoms with van der Waals surface area (Å²) in [5, 5.41) is 2.89. The molecule has 0 bridgehead atoms. The summed E-state index contributed by atoms with van der Waals surface area (Å²) in [7, 11) is -2.13. The van der Waals surface area contributed by atoms with Crippen molar-refractivity contribution < 1.29 is 13.2 Å². The van der Waals surface area contributed by atoms with Crippen LogP contribution in [0.5, 0.6) is 0 Å². The molecule has 0 fully saturated rings. The van der Waals surface area contributed by atoms with Crippen LogP contribution in [0.2, 0.25) is 0 Å². The summed E-state index contributed by atoms with van der Waals surface area (Å²) in [6.07, 6.45) is 2.88. The van der Waals surface area contributed by atoms with Crippen LogP contribution >= 0.6 is 0 Å². The monoisotopic (exact) mass is 316 g/mol. The Morgan fingerprint density at radius 3 is 2.45 bits per heavy atom. The Hall–Kier alpha value is -2.44. The molecular formula is C16H16N2O3S. The van der Waals surface area contributed by atoms with Crippen LogP contribution in [0, 0.1) is 0 Å². The second-order valence-corrected chi connectivity index (χ2v) is 6.33. The fraction of sp³-hybridized carbons (Fsp3) is 0.0625. The molecule has 22 heavy (non-hydrogen) atoms. The van der Waals surface area contributed by atoms with Crippen molar-refractivity contribution in [2.75, 3.05) is 12.4 Å². The minimum atomic E-state index is -3.49. The fourth-order valence-corrected chi connectivity index (χ4v) is 2.56. The van der Waals surface area contributed by atoms with Gasteiger partial charge in [-0.3, -0.25) is 4.79 Å². The Balaban J connectivity index is 2.08. The molecule has 0 aliphatic heterocycles. The Morgan fingerprint density at radius 2 is 1.77 bits per heavy atom. The lowest BCUT2D eigenvalue weighted by Crippen LogP contribution is -2.18. The fourth-order valence-electron chi connectivity index (χ4n) is 1.78. The summed E-state index contributed by atoms with van der Waals surface area (Å²) in [6, 6.07) is 15.2. The molecule has 0 saturated heterocycles. The van der Waals surface area contributed by atoms with Crippen LogP contribution < -0.4 is 10.0 Å². The molecule has 0 aliphatic carbocycles. The van der Waals surface area contributed by atoms with Gasteiger partial charge in [-0.1, -0.05) is 36.4 Å². The normalized spacial score (nSPS) is 11.5.